The highest BCUT2D eigenvalue weighted by Crippen LogP contribution is 2.28. The van der Waals surface area contributed by atoms with Gasteiger partial charge in [0.1, 0.15) is 0 Å². The summed E-state index contributed by atoms with van der Waals surface area (Å²) in [5, 5.41) is 8.68. The van der Waals surface area contributed by atoms with Gasteiger partial charge in [-0.1, -0.05) is 24.6 Å². The van der Waals surface area contributed by atoms with Crippen molar-refractivity contribution < 1.29 is 9.90 Å². The number of nitrogens with zero attached hydrogens (tertiary/aromatic N) is 1. The van der Waals surface area contributed by atoms with E-state index >= 15 is 0 Å². The summed E-state index contributed by atoms with van der Waals surface area (Å²) in [6.45, 7) is 1.04. The summed E-state index contributed by atoms with van der Waals surface area (Å²) in [6, 6.07) is 8.12. The molecule has 1 aliphatic heterocycles. The molecule has 3 heteroatoms. The average molecular weight is 233 g/mol. The molecule has 3 nitrogen and oxygen atoms in total. The van der Waals surface area contributed by atoms with Crippen LogP contribution in [0.25, 0.3) is 0 Å². The molecule has 0 spiro atoms. The van der Waals surface area contributed by atoms with Crippen molar-refractivity contribution in [2.45, 2.75) is 32.1 Å². The third-order valence-corrected chi connectivity index (χ3v) is 3.24. The quantitative estimate of drug-likeness (QED) is 0.791. The zero-order valence-electron chi connectivity index (χ0n) is 10.1. The first-order chi connectivity index (χ1) is 8.33. The van der Waals surface area contributed by atoms with Gasteiger partial charge in [0.15, 0.2) is 0 Å². The highest BCUT2D eigenvalue weighted by Gasteiger charge is 2.23. The van der Waals surface area contributed by atoms with Crippen LogP contribution < -0.4 is 4.90 Å². The van der Waals surface area contributed by atoms with E-state index in [1.165, 1.54) is 5.56 Å². The Kier molecular flexibility index (Phi) is 4.15. The second kappa shape index (κ2) is 5.82. The van der Waals surface area contributed by atoms with Gasteiger partial charge in [-0.05, 0) is 30.9 Å². The van der Waals surface area contributed by atoms with Crippen molar-refractivity contribution in [3.05, 3.63) is 29.8 Å². The molecule has 0 aliphatic carbocycles. The number of aliphatic hydroxyl groups is 1. The van der Waals surface area contributed by atoms with Gasteiger partial charge in [-0.25, -0.2) is 0 Å². The molecule has 1 heterocycles. The summed E-state index contributed by atoms with van der Waals surface area (Å²) in [7, 11) is 0. The molecular formula is C14H19NO2. The molecule has 0 saturated heterocycles. The van der Waals surface area contributed by atoms with Gasteiger partial charge in [-0.3, -0.25) is 4.79 Å². The summed E-state index contributed by atoms with van der Waals surface area (Å²) in [4.78, 5) is 13.9. The molecular weight excluding hydrogens is 214 g/mol. The SMILES string of the molecule is O=C(CCCCCO)N1CCc2ccccc21. The number of hydrogen-bond acceptors (Lipinski definition) is 2. The maximum absolute atomic E-state index is 12.0. The van der Waals surface area contributed by atoms with E-state index in [2.05, 4.69) is 6.07 Å². The number of aliphatic hydroxyl groups excluding tert-OH is 1. The summed E-state index contributed by atoms with van der Waals surface area (Å²) in [5.74, 6) is 0.216. The van der Waals surface area contributed by atoms with Crippen LogP contribution in [0.15, 0.2) is 24.3 Å². The number of anilines is 1. The second-order valence-corrected chi connectivity index (χ2v) is 4.46. The Morgan fingerprint density at radius 2 is 2.06 bits per heavy atom. The molecule has 1 N–H and O–H groups in total. The van der Waals surface area contributed by atoms with Crippen LogP contribution in [0.4, 0.5) is 5.69 Å². The molecule has 0 radical (unpaired) electrons. The first-order valence-electron chi connectivity index (χ1n) is 6.32. The van der Waals surface area contributed by atoms with Crippen molar-refractivity contribution in [1.29, 1.82) is 0 Å². The molecule has 92 valence electrons. The largest absolute Gasteiger partial charge is 0.396 e. The topological polar surface area (TPSA) is 40.5 Å². The minimum atomic E-state index is 0.216. The van der Waals surface area contributed by atoms with Gasteiger partial charge in [0.2, 0.25) is 5.91 Å². The lowest BCUT2D eigenvalue weighted by molar-refractivity contribution is -0.118. The van der Waals surface area contributed by atoms with Crippen LogP contribution in [-0.2, 0) is 11.2 Å². The van der Waals surface area contributed by atoms with Gasteiger partial charge < -0.3 is 10.0 Å². The molecule has 0 bridgehead atoms. The Labute approximate surface area is 102 Å². The molecule has 1 aromatic rings. The third kappa shape index (κ3) is 2.86. The van der Waals surface area contributed by atoms with E-state index < -0.39 is 0 Å². The number of hydrogen-bond donors (Lipinski definition) is 1. The number of benzene rings is 1. The highest BCUT2D eigenvalue weighted by molar-refractivity contribution is 5.95. The average Bonchev–Trinajstić information content (AvgIpc) is 2.78. The van der Waals surface area contributed by atoms with Crippen LogP contribution in [0.3, 0.4) is 0 Å². The monoisotopic (exact) mass is 233 g/mol. The van der Waals surface area contributed by atoms with Gasteiger partial charge in [0.05, 0.1) is 0 Å². The van der Waals surface area contributed by atoms with Gasteiger partial charge in [0, 0.05) is 25.3 Å². The Hall–Kier alpha value is -1.35. The van der Waals surface area contributed by atoms with Crippen molar-refractivity contribution in [3.63, 3.8) is 0 Å². The predicted molar refractivity (Wildman–Crippen MR) is 68.1 cm³/mol. The van der Waals surface area contributed by atoms with E-state index in [9.17, 15) is 4.79 Å². The van der Waals surface area contributed by atoms with Crippen LogP contribution in [0.5, 0.6) is 0 Å². The maximum atomic E-state index is 12.0. The minimum Gasteiger partial charge on any atom is -0.396 e. The number of amides is 1. The molecule has 1 amide bonds. The van der Waals surface area contributed by atoms with Gasteiger partial charge in [-0.15, -0.1) is 0 Å². The summed E-state index contributed by atoms with van der Waals surface area (Å²) >= 11 is 0. The van der Waals surface area contributed by atoms with Crippen molar-refractivity contribution in [1.82, 2.24) is 0 Å². The van der Waals surface area contributed by atoms with Crippen LogP contribution in [0.2, 0.25) is 0 Å². The molecule has 0 atom stereocenters. The Morgan fingerprint density at radius 3 is 2.88 bits per heavy atom. The fraction of sp³-hybridized carbons (Fsp3) is 0.500. The van der Waals surface area contributed by atoms with E-state index in [0.717, 1.165) is 37.9 Å². The standard InChI is InChI=1S/C14H19NO2/c16-11-5-1-2-8-14(17)15-10-9-12-6-3-4-7-13(12)15/h3-4,6-7,16H,1-2,5,8-11H2. The van der Waals surface area contributed by atoms with Crippen molar-refractivity contribution in [2.75, 3.05) is 18.1 Å². The van der Waals surface area contributed by atoms with Crippen molar-refractivity contribution in [2.24, 2.45) is 0 Å². The van der Waals surface area contributed by atoms with Crippen LogP contribution in [0.1, 0.15) is 31.2 Å². The van der Waals surface area contributed by atoms with Gasteiger partial charge in [-0.2, -0.15) is 0 Å². The minimum absolute atomic E-state index is 0.216. The smallest absolute Gasteiger partial charge is 0.226 e. The van der Waals surface area contributed by atoms with E-state index in [0.29, 0.717) is 6.42 Å². The summed E-state index contributed by atoms with van der Waals surface area (Å²) < 4.78 is 0. The number of carbonyl (C=O) groups is 1. The van der Waals surface area contributed by atoms with Crippen molar-refractivity contribution >= 4 is 11.6 Å². The van der Waals surface area contributed by atoms with Gasteiger partial charge in [0.25, 0.3) is 0 Å². The lowest BCUT2D eigenvalue weighted by atomic mass is 10.1. The molecule has 0 unspecified atom stereocenters. The van der Waals surface area contributed by atoms with Crippen LogP contribution >= 0.6 is 0 Å². The molecule has 0 aromatic heterocycles. The Balaban J connectivity index is 1.89. The normalized spacial score (nSPS) is 13.8. The fourth-order valence-corrected chi connectivity index (χ4v) is 2.30. The molecule has 2 rings (SSSR count). The first kappa shape index (κ1) is 12.1. The number of carbonyl (C=O) groups excluding carboxylic acids is 1. The second-order valence-electron chi connectivity index (χ2n) is 4.46. The summed E-state index contributed by atoms with van der Waals surface area (Å²) in [5.41, 5.74) is 2.36. The lowest BCUT2D eigenvalue weighted by Crippen LogP contribution is -2.28. The molecule has 1 aliphatic rings. The van der Waals surface area contributed by atoms with Gasteiger partial charge >= 0.3 is 0 Å². The Morgan fingerprint density at radius 1 is 1.24 bits per heavy atom. The molecule has 17 heavy (non-hydrogen) atoms. The van der Waals surface area contributed by atoms with E-state index in [4.69, 9.17) is 5.11 Å². The van der Waals surface area contributed by atoms with Crippen LogP contribution in [0, 0.1) is 0 Å². The fourth-order valence-electron chi connectivity index (χ4n) is 2.30. The number of rotatable bonds is 5. The molecule has 0 saturated carbocycles. The highest BCUT2D eigenvalue weighted by atomic mass is 16.2. The maximum Gasteiger partial charge on any atom is 0.226 e. The third-order valence-electron chi connectivity index (χ3n) is 3.24. The zero-order chi connectivity index (χ0) is 12.1. The molecule has 0 fully saturated rings. The van der Waals surface area contributed by atoms with Crippen molar-refractivity contribution in [3.8, 4) is 0 Å². The lowest BCUT2D eigenvalue weighted by Gasteiger charge is -2.17. The first-order valence-corrected chi connectivity index (χ1v) is 6.32. The van der Waals surface area contributed by atoms with Crippen LogP contribution in [-0.4, -0.2) is 24.2 Å². The summed E-state index contributed by atoms with van der Waals surface area (Å²) in [6.07, 6.45) is 4.16. The molecule has 1 aromatic carbocycles. The number of unbranched alkanes of at least 4 members (excludes halogenated alkanes) is 2. The van der Waals surface area contributed by atoms with E-state index in [1.807, 2.05) is 23.1 Å². The van der Waals surface area contributed by atoms with E-state index in [-0.39, 0.29) is 12.5 Å². The number of fused-ring (bicyclic) bond motifs is 1. The number of para-hydroxylation sites is 1. The van der Waals surface area contributed by atoms with E-state index in [1.54, 1.807) is 0 Å². The predicted octanol–water partition coefficient (Wildman–Crippen LogP) is 2.13. The Bertz CT molecular complexity index is 390. The zero-order valence-corrected chi connectivity index (χ0v) is 10.1.